The molecule has 0 unspecified atom stereocenters. The molecule has 0 atom stereocenters. The van der Waals surface area contributed by atoms with Crippen molar-refractivity contribution < 1.29 is 4.39 Å². The van der Waals surface area contributed by atoms with Crippen molar-refractivity contribution in [3.63, 3.8) is 0 Å². The Balaban J connectivity index is 2.60. The Labute approximate surface area is 114 Å². The van der Waals surface area contributed by atoms with Crippen molar-refractivity contribution in [3.05, 3.63) is 39.9 Å². The van der Waals surface area contributed by atoms with Gasteiger partial charge in [-0.2, -0.15) is 5.10 Å². The minimum Gasteiger partial charge on any atom is -0.397 e. The van der Waals surface area contributed by atoms with Gasteiger partial charge >= 0.3 is 0 Å². The summed E-state index contributed by atoms with van der Waals surface area (Å²) in [6.45, 7) is 4.11. The molecular weight excluding hydrogens is 297 g/mol. The van der Waals surface area contributed by atoms with Crippen LogP contribution in [-0.2, 0) is 12.8 Å². The zero-order chi connectivity index (χ0) is 13.3. The van der Waals surface area contributed by atoms with Crippen molar-refractivity contribution in [1.29, 1.82) is 0 Å². The lowest BCUT2D eigenvalue weighted by Crippen LogP contribution is -2.06. The number of hydrogen-bond donors (Lipinski definition) is 1. The van der Waals surface area contributed by atoms with E-state index in [9.17, 15) is 4.39 Å². The molecule has 0 spiro atoms. The zero-order valence-electron chi connectivity index (χ0n) is 10.4. The summed E-state index contributed by atoms with van der Waals surface area (Å²) in [5.74, 6) is -0.364. The molecule has 0 bridgehead atoms. The number of nitrogens with two attached hydrogens (primary N) is 1. The van der Waals surface area contributed by atoms with E-state index in [1.54, 1.807) is 10.7 Å². The number of aryl methyl sites for hydroxylation is 2. The zero-order valence-corrected chi connectivity index (χ0v) is 12.0. The topological polar surface area (TPSA) is 43.8 Å². The average Bonchev–Trinajstić information content (AvgIpc) is 2.77. The van der Waals surface area contributed by atoms with E-state index in [1.807, 2.05) is 0 Å². The molecule has 0 saturated carbocycles. The smallest absolute Gasteiger partial charge is 0.139 e. The minimum absolute atomic E-state index is 0.364. The quantitative estimate of drug-likeness (QED) is 0.882. The van der Waals surface area contributed by atoms with Crippen LogP contribution in [0.3, 0.4) is 0 Å². The second kappa shape index (κ2) is 5.10. The first-order valence-electron chi connectivity index (χ1n) is 5.89. The third kappa shape index (κ3) is 2.27. The summed E-state index contributed by atoms with van der Waals surface area (Å²) < 4.78 is 15.6. The van der Waals surface area contributed by atoms with Crippen LogP contribution in [0.5, 0.6) is 0 Å². The van der Waals surface area contributed by atoms with Crippen LogP contribution in [0, 0.1) is 5.82 Å². The van der Waals surface area contributed by atoms with Gasteiger partial charge in [0.05, 0.1) is 21.5 Å². The van der Waals surface area contributed by atoms with Crippen molar-refractivity contribution in [2.24, 2.45) is 0 Å². The molecule has 0 radical (unpaired) electrons. The molecule has 0 aliphatic carbocycles. The van der Waals surface area contributed by atoms with Crippen LogP contribution in [0.15, 0.2) is 22.7 Å². The minimum atomic E-state index is -0.364. The van der Waals surface area contributed by atoms with E-state index < -0.39 is 0 Å². The predicted octanol–water partition coefficient (Wildman–Crippen LogP) is 3.48. The fraction of sp³-hybridized carbons (Fsp3) is 0.308. The molecular formula is C13H15BrFN3. The number of aromatic nitrogens is 2. The van der Waals surface area contributed by atoms with E-state index in [0.717, 1.165) is 24.2 Å². The first kappa shape index (κ1) is 13.1. The van der Waals surface area contributed by atoms with Crippen LogP contribution in [0.2, 0.25) is 0 Å². The van der Waals surface area contributed by atoms with Gasteiger partial charge in [-0.05, 0) is 40.9 Å². The average molecular weight is 312 g/mol. The standard InChI is InChI=1S/C13H15BrFN3/c1-3-8-5-9(4-2)18(17-8)13-6-10(14)11(15)7-12(13)16/h5-7H,3-4,16H2,1-2H3. The highest BCUT2D eigenvalue weighted by atomic mass is 79.9. The van der Waals surface area contributed by atoms with Crippen LogP contribution in [-0.4, -0.2) is 9.78 Å². The SMILES string of the molecule is CCc1cc(CC)n(-c2cc(Br)c(F)cc2N)n1. The normalized spacial score (nSPS) is 10.9. The van der Waals surface area contributed by atoms with Gasteiger partial charge in [0.1, 0.15) is 5.82 Å². The second-order valence-electron chi connectivity index (χ2n) is 4.07. The molecule has 1 heterocycles. The van der Waals surface area contributed by atoms with Crippen LogP contribution in [0.1, 0.15) is 25.2 Å². The van der Waals surface area contributed by atoms with Gasteiger partial charge in [-0.1, -0.05) is 13.8 Å². The van der Waals surface area contributed by atoms with Crippen molar-refractivity contribution in [3.8, 4) is 5.69 Å². The molecule has 3 nitrogen and oxygen atoms in total. The highest BCUT2D eigenvalue weighted by Gasteiger charge is 2.12. The first-order valence-corrected chi connectivity index (χ1v) is 6.68. The summed E-state index contributed by atoms with van der Waals surface area (Å²) in [5.41, 5.74) is 9.04. The molecule has 0 fully saturated rings. The summed E-state index contributed by atoms with van der Waals surface area (Å²) in [6.07, 6.45) is 1.71. The molecule has 5 heteroatoms. The lowest BCUT2D eigenvalue weighted by atomic mass is 10.2. The lowest BCUT2D eigenvalue weighted by molar-refractivity contribution is 0.620. The first-order chi connectivity index (χ1) is 8.56. The van der Waals surface area contributed by atoms with Crippen molar-refractivity contribution in [1.82, 2.24) is 9.78 Å². The number of nitrogens with zero attached hydrogens (tertiary/aromatic N) is 2. The molecule has 2 N–H and O–H groups in total. The van der Waals surface area contributed by atoms with Crippen LogP contribution in [0.25, 0.3) is 5.69 Å². The summed E-state index contributed by atoms with van der Waals surface area (Å²) in [7, 11) is 0. The monoisotopic (exact) mass is 311 g/mol. The molecule has 1 aromatic carbocycles. The fourth-order valence-corrected chi connectivity index (χ4v) is 2.17. The molecule has 2 aromatic rings. The molecule has 1 aromatic heterocycles. The van der Waals surface area contributed by atoms with Crippen LogP contribution in [0.4, 0.5) is 10.1 Å². The van der Waals surface area contributed by atoms with E-state index in [4.69, 9.17) is 5.73 Å². The van der Waals surface area contributed by atoms with Crippen molar-refractivity contribution >= 4 is 21.6 Å². The Morgan fingerprint density at radius 3 is 2.61 bits per heavy atom. The van der Waals surface area contributed by atoms with Gasteiger partial charge in [0.15, 0.2) is 0 Å². The largest absolute Gasteiger partial charge is 0.397 e. The van der Waals surface area contributed by atoms with E-state index >= 15 is 0 Å². The molecule has 2 rings (SSSR count). The van der Waals surface area contributed by atoms with Gasteiger partial charge in [-0.15, -0.1) is 0 Å². The Bertz CT molecular complexity index is 578. The molecule has 0 amide bonds. The Hall–Kier alpha value is -1.36. The summed E-state index contributed by atoms with van der Waals surface area (Å²) in [4.78, 5) is 0. The Kier molecular flexibility index (Phi) is 3.71. The third-order valence-corrected chi connectivity index (χ3v) is 3.46. The maximum atomic E-state index is 13.4. The molecule has 0 saturated heterocycles. The number of hydrogen-bond acceptors (Lipinski definition) is 2. The molecule has 0 aliphatic rings. The van der Waals surface area contributed by atoms with Gasteiger partial charge < -0.3 is 5.73 Å². The highest BCUT2D eigenvalue weighted by Crippen LogP contribution is 2.26. The van der Waals surface area contributed by atoms with Gasteiger partial charge in [-0.3, -0.25) is 0 Å². The van der Waals surface area contributed by atoms with Crippen molar-refractivity contribution in [2.75, 3.05) is 5.73 Å². The Morgan fingerprint density at radius 2 is 2.00 bits per heavy atom. The molecule has 96 valence electrons. The molecule has 18 heavy (non-hydrogen) atoms. The van der Waals surface area contributed by atoms with Gasteiger partial charge in [0.2, 0.25) is 0 Å². The summed E-state index contributed by atoms with van der Waals surface area (Å²) in [5, 5.41) is 4.49. The second-order valence-corrected chi connectivity index (χ2v) is 4.93. The number of halogens is 2. The predicted molar refractivity (Wildman–Crippen MR) is 74.4 cm³/mol. The van der Waals surface area contributed by atoms with E-state index in [0.29, 0.717) is 15.8 Å². The summed E-state index contributed by atoms with van der Waals surface area (Å²) >= 11 is 3.18. The number of benzene rings is 1. The number of anilines is 1. The lowest BCUT2D eigenvalue weighted by Gasteiger charge is -2.10. The fourth-order valence-electron chi connectivity index (χ4n) is 1.84. The maximum Gasteiger partial charge on any atom is 0.139 e. The van der Waals surface area contributed by atoms with Crippen molar-refractivity contribution in [2.45, 2.75) is 26.7 Å². The molecule has 0 aliphatic heterocycles. The van der Waals surface area contributed by atoms with E-state index in [1.165, 1.54) is 6.07 Å². The number of nitrogen functional groups attached to an aromatic ring is 1. The third-order valence-electron chi connectivity index (χ3n) is 2.86. The van der Waals surface area contributed by atoms with Gasteiger partial charge in [0.25, 0.3) is 0 Å². The van der Waals surface area contributed by atoms with Crippen LogP contribution < -0.4 is 5.73 Å². The Morgan fingerprint density at radius 1 is 1.28 bits per heavy atom. The van der Waals surface area contributed by atoms with Gasteiger partial charge in [0, 0.05) is 11.8 Å². The highest BCUT2D eigenvalue weighted by molar-refractivity contribution is 9.10. The maximum absolute atomic E-state index is 13.4. The van der Waals surface area contributed by atoms with Crippen LogP contribution >= 0.6 is 15.9 Å². The number of rotatable bonds is 3. The summed E-state index contributed by atoms with van der Waals surface area (Å²) in [6, 6.07) is 5.03. The van der Waals surface area contributed by atoms with E-state index in [2.05, 4.69) is 40.9 Å². The van der Waals surface area contributed by atoms with E-state index in [-0.39, 0.29) is 5.82 Å². The van der Waals surface area contributed by atoms with Gasteiger partial charge in [-0.25, -0.2) is 9.07 Å².